The van der Waals surface area contributed by atoms with Crippen LogP contribution in [0.2, 0.25) is 0 Å². The fourth-order valence-corrected chi connectivity index (χ4v) is 5.18. The van der Waals surface area contributed by atoms with Crippen molar-refractivity contribution in [3.8, 4) is 11.5 Å². The molecule has 4 bridgehead atoms. The van der Waals surface area contributed by atoms with E-state index in [9.17, 15) is 10.2 Å². The van der Waals surface area contributed by atoms with Crippen LogP contribution in [-0.4, -0.2) is 15.8 Å². The number of nitrogens with one attached hydrogen (secondary N) is 1. The maximum absolute atomic E-state index is 9.97. The van der Waals surface area contributed by atoms with Crippen molar-refractivity contribution in [2.45, 2.75) is 44.1 Å². The minimum atomic E-state index is 0.119. The van der Waals surface area contributed by atoms with E-state index in [1.54, 1.807) is 12.1 Å². The van der Waals surface area contributed by atoms with Gasteiger partial charge in [0, 0.05) is 11.6 Å². The average Bonchev–Trinajstić information content (AvgIpc) is 2.31. The molecule has 0 unspecified atom stereocenters. The van der Waals surface area contributed by atoms with Gasteiger partial charge in [-0.2, -0.15) is 0 Å². The first-order valence-electron chi connectivity index (χ1n) is 7.42. The van der Waals surface area contributed by atoms with E-state index < -0.39 is 0 Å². The van der Waals surface area contributed by atoms with Gasteiger partial charge < -0.3 is 15.5 Å². The van der Waals surface area contributed by atoms with Crippen LogP contribution in [0.3, 0.4) is 0 Å². The van der Waals surface area contributed by atoms with Gasteiger partial charge in [0.2, 0.25) is 0 Å². The van der Waals surface area contributed by atoms with Crippen molar-refractivity contribution in [2.75, 3.05) is 5.32 Å². The Morgan fingerprint density at radius 1 is 0.947 bits per heavy atom. The van der Waals surface area contributed by atoms with E-state index in [0.29, 0.717) is 0 Å². The highest BCUT2D eigenvalue weighted by molar-refractivity contribution is 5.59. The average molecular weight is 259 g/mol. The molecule has 102 valence electrons. The molecule has 0 heterocycles. The fraction of sp³-hybridized carbons (Fsp3) is 0.625. The van der Waals surface area contributed by atoms with Gasteiger partial charge in [-0.15, -0.1) is 0 Å². The largest absolute Gasteiger partial charge is 0.508 e. The summed E-state index contributed by atoms with van der Waals surface area (Å²) in [5.41, 5.74) is 0.975. The standard InChI is InChI=1S/C16H21NO2/c18-13-1-2-14(15(19)6-13)17-16-7-10-3-11(8-16)5-12(4-10)9-16/h1-2,6,10-12,17-19H,3-5,7-9H2. The Kier molecular flexibility index (Phi) is 2.30. The van der Waals surface area contributed by atoms with Crippen LogP contribution in [0.15, 0.2) is 18.2 Å². The predicted octanol–water partition coefficient (Wildman–Crippen LogP) is 3.48. The van der Waals surface area contributed by atoms with Crippen molar-refractivity contribution in [1.29, 1.82) is 0 Å². The third-order valence-electron chi connectivity index (χ3n) is 5.42. The maximum atomic E-state index is 9.97. The molecule has 0 aromatic heterocycles. The lowest BCUT2D eigenvalue weighted by molar-refractivity contribution is 0.0106. The van der Waals surface area contributed by atoms with Crippen molar-refractivity contribution >= 4 is 5.69 Å². The molecular formula is C16H21NO2. The van der Waals surface area contributed by atoms with E-state index in [2.05, 4.69) is 5.32 Å². The van der Waals surface area contributed by atoms with Crippen molar-refractivity contribution in [2.24, 2.45) is 17.8 Å². The van der Waals surface area contributed by atoms with E-state index in [4.69, 9.17) is 0 Å². The van der Waals surface area contributed by atoms with Crippen LogP contribution in [0.25, 0.3) is 0 Å². The van der Waals surface area contributed by atoms with Gasteiger partial charge in [0.05, 0.1) is 5.69 Å². The summed E-state index contributed by atoms with van der Waals surface area (Å²) in [4.78, 5) is 0. The first-order chi connectivity index (χ1) is 9.12. The molecule has 0 atom stereocenters. The summed E-state index contributed by atoms with van der Waals surface area (Å²) in [5.74, 6) is 2.94. The number of anilines is 1. The number of hydrogen-bond acceptors (Lipinski definition) is 3. The van der Waals surface area contributed by atoms with Gasteiger partial charge >= 0.3 is 0 Å². The highest BCUT2D eigenvalue weighted by Gasteiger charge is 2.51. The lowest BCUT2D eigenvalue weighted by Gasteiger charge is -2.57. The van der Waals surface area contributed by atoms with Gasteiger partial charge in [-0.3, -0.25) is 0 Å². The van der Waals surface area contributed by atoms with Crippen LogP contribution in [0.1, 0.15) is 38.5 Å². The molecule has 3 heteroatoms. The third kappa shape index (κ3) is 1.87. The summed E-state index contributed by atoms with van der Waals surface area (Å²) in [5, 5.41) is 23.0. The zero-order chi connectivity index (χ0) is 13.0. The molecule has 0 radical (unpaired) electrons. The van der Waals surface area contributed by atoms with Crippen LogP contribution in [0.5, 0.6) is 11.5 Å². The van der Waals surface area contributed by atoms with E-state index in [1.165, 1.54) is 44.6 Å². The topological polar surface area (TPSA) is 52.5 Å². The van der Waals surface area contributed by atoms with Crippen molar-refractivity contribution < 1.29 is 10.2 Å². The number of hydrogen-bond donors (Lipinski definition) is 3. The van der Waals surface area contributed by atoms with E-state index in [-0.39, 0.29) is 17.0 Å². The monoisotopic (exact) mass is 259 g/mol. The Morgan fingerprint density at radius 2 is 1.53 bits per heavy atom. The second-order valence-corrected chi connectivity index (χ2v) is 7.02. The quantitative estimate of drug-likeness (QED) is 0.563. The molecule has 0 aliphatic heterocycles. The fourth-order valence-electron chi connectivity index (χ4n) is 5.18. The highest BCUT2D eigenvalue weighted by atomic mass is 16.3. The summed E-state index contributed by atoms with van der Waals surface area (Å²) in [6.07, 6.45) is 8.01. The Balaban J connectivity index is 1.62. The molecule has 4 fully saturated rings. The number of rotatable bonds is 2. The van der Waals surface area contributed by atoms with Crippen LogP contribution >= 0.6 is 0 Å². The molecule has 4 aliphatic rings. The number of phenolic OH excluding ortho intramolecular Hbond substituents is 2. The summed E-state index contributed by atoms with van der Waals surface area (Å²) in [6.45, 7) is 0. The van der Waals surface area contributed by atoms with Gasteiger partial charge in [0.25, 0.3) is 0 Å². The molecule has 0 amide bonds. The van der Waals surface area contributed by atoms with Gasteiger partial charge in [-0.05, 0) is 68.4 Å². The first-order valence-corrected chi connectivity index (χ1v) is 7.42. The van der Waals surface area contributed by atoms with Crippen molar-refractivity contribution in [3.05, 3.63) is 18.2 Å². The molecule has 19 heavy (non-hydrogen) atoms. The first kappa shape index (κ1) is 11.4. The van der Waals surface area contributed by atoms with E-state index in [0.717, 1.165) is 23.4 Å². The molecule has 0 saturated heterocycles. The molecule has 3 nitrogen and oxygen atoms in total. The highest BCUT2D eigenvalue weighted by Crippen LogP contribution is 2.57. The predicted molar refractivity (Wildman–Crippen MR) is 74.3 cm³/mol. The lowest BCUT2D eigenvalue weighted by Crippen LogP contribution is -2.54. The Labute approximate surface area is 113 Å². The van der Waals surface area contributed by atoms with Crippen molar-refractivity contribution in [1.82, 2.24) is 0 Å². The maximum Gasteiger partial charge on any atom is 0.142 e. The van der Waals surface area contributed by atoms with Crippen molar-refractivity contribution in [3.63, 3.8) is 0 Å². The number of benzene rings is 1. The van der Waals surface area contributed by atoms with Crippen LogP contribution < -0.4 is 5.32 Å². The van der Waals surface area contributed by atoms with Gasteiger partial charge in [-0.25, -0.2) is 0 Å². The van der Waals surface area contributed by atoms with Crippen LogP contribution in [0, 0.1) is 17.8 Å². The normalized spacial score (nSPS) is 39.5. The SMILES string of the molecule is Oc1ccc(NC23CC4CC(CC(C4)C2)C3)c(O)c1. The summed E-state index contributed by atoms with van der Waals surface area (Å²) in [6, 6.07) is 4.86. The van der Waals surface area contributed by atoms with Crippen LogP contribution in [0.4, 0.5) is 5.69 Å². The molecule has 4 saturated carbocycles. The molecule has 1 aromatic carbocycles. The second-order valence-electron chi connectivity index (χ2n) is 7.02. The summed E-state index contributed by atoms with van der Waals surface area (Å²) >= 11 is 0. The Bertz CT molecular complexity index is 476. The van der Waals surface area contributed by atoms with E-state index in [1.807, 2.05) is 0 Å². The zero-order valence-corrected chi connectivity index (χ0v) is 11.1. The Hall–Kier alpha value is -1.38. The minimum absolute atomic E-state index is 0.119. The zero-order valence-electron chi connectivity index (χ0n) is 11.1. The molecular weight excluding hydrogens is 238 g/mol. The smallest absolute Gasteiger partial charge is 0.142 e. The lowest BCUT2D eigenvalue weighted by atomic mass is 9.53. The molecule has 0 spiro atoms. The Morgan fingerprint density at radius 3 is 2.05 bits per heavy atom. The third-order valence-corrected chi connectivity index (χ3v) is 5.42. The van der Waals surface area contributed by atoms with Crippen LogP contribution in [-0.2, 0) is 0 Å². The van der Waals surface area contributed by atoms with Gasteiger partial charge in [0.1, 0.15) is 11.5 Å². The molecule has 4 aliphatic carbocycles. The molecule has 3 N–H and O–H groups in total. The number of aromatic hydroxyl groups is 2. The molecule has 1 aromatic rings. The molecule has 5 rings (SSSR count). The van der Waals surface area contributed by atoms with E-state index >= 15 is 0 Å². The summed E-state index contributed by atoms with van der Waals surface area (Å²) < 4.78 is 0. The summed E-state index contributed by atoms with van der Waals surface area (Å²) in [7, 11) is 0. The number of phenols is 2. The second kappa shape index (κ2) is 3.81. The minimum Gasteiger partial charge on any atom is -0.508 e. The van der Waals surface area contributed by atoms with Gasteiger partial charge in [0.15, 0.2) is 0 Å². The van der Waals surface area contributed by atoms with Gasteiger partial charge in [-0.1, -0.05) is 0 Å².